The number of hydrogen-bond donors (Lipinski definition) is 2. The van der Waals surface area contributed by atoms with Gasteiger partial charge in [-0.05, 0) is 42.7 Å². The lowest BCUT2D eigenvalue weighted by Crippen LogP contribution is -2.35. The Balaban J connectivity index is 1.49. The first kappa shape index (κ1) is 22.3. The van der Waals surface area contributed by atoms with Crippen LogP contribution in [0.2, 0.25) is 5.02 Å². The van der Waals surface area contributed by atoms with E-state index in [1.165, 1.54) is 22.7 Å². The van der Waals surface area contributed by atoms with Gasteiger partial charge in [-0.1, -0.05) is 17.7 Å². The molecular weight excluding hydrogens is 495 g/mol. The zero-order valence-corrected chi connectivity index (χ0v) is 19.4. The van der Waals surface area contributed by atoms with E-state index in [1.807, 2.05) is 0 Å². The molecule has 0 bridgehead atoms. The Hall–Kier alpha value is -2.55. The van der Waals surface area contributed by atoms with Crippen LogP contribution in [0.4, 0.5) is 24.0 Å². The van der Waals surface area contributed by atoms with Crippen molar-refractivity contribution in [3.05, 3.63) is 49.1 Å². The predicted molar refractivity (Wildman–Crippen MR) is 121 cm³/mol. The fourth-order valence-electron chi connectivity index (χ4n) is 4.35. The number of nitriles is 1. The summed E-state index contributed by atoms with van der Waals surface area (Å²) in [5.41, 5.74) is 1.04. The van der Waals surface area contributed by atoms with Crippen LogP contribution in [0.15, 0.2) is 17.5 Å². The number of anilines is 2. The molecule has 0 fully saturated rings. The molecule has 3 aromatic rings. The Bertz CT molecular complexity index is 1260. The molecule has 1 aliphatic heterocycles. The van der Waals surface area contributed by atoms with E-state index in [0.717, 1.165) is 45.7 Å². The van der Waals surface area contributed by atoms with Crippen molar-refractivity contribution in [3.63, 3.8) is 0 Å². The van der Waals surface area contributed by atoms with Crippen molar-refractivity contribution < 1.29 is 18.0 Å². The van der Waals surface area contributed by atoms with Gasteiger partial charge in [0.25, 0.3) is 5.91 Å². The van der Waals surface area contributed by atoms with E-state index in [0.29, 0.717) is 10.6 Å². The number of hydrogen-bond acceptors (Lipinski definition) is 6. The van der Waals surface area contributed by atoms with Crippen molar-refractivity contribution in [2.24, 2.45) is 0 Å². The Morgan fingerprint density at radius 3 is 2.85 bits per heavy atom. The minimum atomic E-state index is -4.57. The lowest BCUT2D eigenvalue weighted by Gasteiger charge is -2.32. The van der Waals surface area contributed by atoms with Crippen LogP contribution >= 0.6 is 34.3 Å². The first-order valence-corrected chi connectivity index (χ1v) is 12.4. The number of nitrogens with zero attached hydrogens (tertiary/aromatic N) is 3. The van der Waals surface area contributed by atoms with Crippen molar-refractivity contribution in [2.45, 2.75) is 50.4 Å². The van der Waals surface area contributed by atoms with Crippen molar-refractivity contribution in [1.82, 2.24) is 9.78 Å². The topological polar surface area (TPSA) is 82.7 Å². The van der Waals surface area contributed by atoms with Gasteiger partial charge in [0.2, 0.25) is 0 Å². The maximum atomic E-state index is 13.9. The lowest BCUT2D eigenvalue weighted by atomic mass is 9.96. The molecule has 2 aliphatic rings. The summed E-state index contributed by atoms with van der Waals surface area (Å²) in [5, 5.41) is 21.2. The molecule has 2 atom stereocenters. The van der Waals surface area contributed by atoms with Gasteiger partial charge in [-0.15, -0.1) is 22.7 Å². The first-order chi connectivity index (χ1) is 15.8. The maximum absolute atomic E-state index is 13.9. The molecule has 12 heteroatoms. The number of nitrogens with one attached hydrogen (secondary N) is 2. The Labute approximate surface area is 200 Å². The molecule has 4 heterocycles. The highest BCUT2D eigenvalue weighted by Crippen LogP contribution is 2.47. The number of amides is 1. The monoisotopic (exact) mass is 511 g/mol. The third-order valence-corrected chi connectivity index (χ3v) is 8.46. The number of fused-ring (bicyclic) bond motifs is 2. The number of rotatable bonds is 3. The molecule has 6 nitrogen and oxygen atoms in total. The zero-order chi connectivity index (χ0) is 23.3. The summed E-state index contributed by atoms with van der Waals surface area (Å²) in [6, 6.07) is 3.14. The van der Waals surface area contributed by atoms with Crippen LogP contribution in [0.1, 0.15) is 62.7 Å². The minimum Gasteiger partial charge on any atom is -0.361 e. The molecule has 172 valence electrons. The molecule has 0 unspecified atom stereocenters. The average molecular weight is 512 g/mol. The summed E-state index contributed by atoms with van der Waals surface area (Å²) < 4.78 is 42.4. The number of thiophene rings is 2. The minimum absolute atomic E-state index is 0.0419. The van der Waals surface area contributed by atoms with E-state index in [1.54, 1.807) is 17.5 Å². The Morgan fingerprint density at radius 1 is 1.36 bits per heavy atom. The molecule has 2 N–H and O–H groups in total. The zero-order valence-electron chi connectivity index (χ0n) is 17.0. The number of carbonyl (C=O) groups is 1. The molecule has 0 aromatic carbocycles. The van der Waals surface area contributed by atoms with Gasteiger partial charge in [0.05, 0.1) is 11.6 Å². The second-order valence-corrected chi connectivity index (χ2v) is 10.4. The quantitative estimate of drug-likeness (QED) is 0.431. The van der Waals surface area contributed by atoms with Gasteiger partial charge in [0.1, 0.15) is 21.9 Å². The smallest absolute Gasteiger partial charge is 0.361 e. The summed E-state index contributed by atoms with van der Waals surface area (Å²) >= 11 is 9.06. The van der Waals surface area contributed by atoms with Crippen LogP contribution in [-0.4, -0.2) is 21.9 Å². The van der Waals surface area contributed by atoms with Gasteiger partial charge in [0, 0.05) is 16.2 Å². The van der Waals surface area contributed by atoms with E-state index in [2.05, 4.69) is 21.8 Å². The molecule has 3 aromatic heterocycles. The molecule has 0 saturated carbocycles. The SMILES string of the molecule is N#Cc1c(NC(=O)c2nn3c(c2Cl)N[C@H](c2cccs2)C[C@@H]3C(F)(F)F)sc2c1CCCC2. The molecular formula is C21H17ClF3N5OS2. The predicted octanol–water partition coefficient (Wildman–Crippen LogP) is 6.32. The van der Waals surface area contributed by atoms with Crippen LogP contribution in [0.3, 0.4) is 0 Å². The highest BCUT2D eigenvalue weighted by Gasteiger charge is 2.48. The number of aromatic nitrogens is 2. The molecule has 1 aliphatic carbocycles. The molecule has 0 saturated heterocycles. The maximum Gasteiger partial charge on any atom is 0.410 e. The molecule has 0 spiro atoms. The van der Waals surface area contributed by atoms with E-state index in [9.17, 15) is 23.2 Å². The standard InChI is InChI=1S/C21H17ClF3N5OS2/c22-16-17(19(31)28-20-11(9-26)10-4-1-2-5-13(10)33-20)29-30-15(21(23,24)25)8-12(27-18(16)30)14-6-3-7-32-14/h3,6-7,12,15,27H,1-2,4-5,8H2,(H,28,31)/t12-,15+/m0/s1. The third-order valence-electron chi connectivity index (χ3n) is 5.91. The third kappa shape index (κ3) is 3.90. The van der Waals surface area contributed by atoms with E-state index < -0.39 is 24.2 Å². The van der Waals surface area contributed by atoms with Gasteiger partial charge in [-0.3, -0.25) is 4.79 Å². The van der Waals surface area contributed by atoms with E-state index >= 15 is 0 Å². The number of carbonyl (C=O) groups excluding carboxylic acids is 1. The fourth-order valence-corrected chi connectivity index (χ4v) is 6.64. The molecule has 5 rings (SSSR count). The van der Waals surface area contributed by atoms with Gasteiger partial charge in [0.15, 0.2) is 11.7 Å². The summed E-state index contributed by atoms with van der Waals surface area (Å²) in [6.45, 7) is 0. The van der Waals surface area contributed by atoms with E-state index in [-0.39, 0.29) is 23.0 Å². The summed E-state index contributed by atoms with van der Waals surface area (Å²) in [6.07, 6.45) is -1.25. The van der Waals surface area contributed by atoms with Crippen molar-refractivity contribution in [1.29, 1.82) is 5.26 Å². The highest BCUT2D eigenvalue weighted by atomic mass is 35.5. The van der Waals surface area contributed by atoms with Crippen molar-refractivity contribution in [3.8, 4) is 6.07 Å². The summed E-state index contributed by atoms with van der Waals surface area (Å²) in [5.74, 6) is -0.785. The normalized spacial score (nSPS) is 19.8. The summed E-state index contributed by atoms with van der Waals surface area (Å²) in [4.78, 5) is 14.8. The Morgan fingerprint density at radius 2 is 2.15 bits per heavy atom. The van der Waals surface area contributed by atoms with E-state index in [4.69, 9.17) is 11.6 Å². The number of aryl methyl sites for hydroxylation is 1. The van der Waals surface area contributed by atoms with Crippen molar-refractivity contribution in [2.75, 3.05) is 10.6 Å². The lowest BCUT2D eigenvalue weighted by molar-refractivity contribution is -0.173. The molecule has 1 amide bonds. The number of halogens is 4. The van der Waals surface area contributed by atoms with Gasteiger partial charge >= 0.3 is 6.18 Å². The summed E-state index contributed by atoms with van der Waals surface area (Å²) in [7, 11) is 0. The largest absolute Gasteiger partial charge is 0.410 e. The van der Waals surface area contributed by atoms with Gasteiger partial charge in [-0.25, -0.2) is 4.68 Å². The van der Waals surface area contributed by atoms with Crippen LogP contribution in [-0.2, 0) is 12.8 Å². The first-order valence-electron chi connectivity index (χ1n) is 10.3. The van der Waals surface area contributed by atoms with Crippen LogP contribution in [0, 0.1) is 11.3 Å². The number of alkyl halides is 3. The van der Waals surface area contributed by atoms with Crippen molar-refractivity contribution >= 4 is 51.0 Å². The second kappa shape index (κ2) is 8.34. The Kier molecular flexibility index (Phi) is 5.63. The second-order valence-electron chi connectivity index (χ2n) is 7.94. The average Bonchev–Trinajstić information content (AvgIpc) is 3.50. The van der Waals surface area contributed by atoms with Crippen LogP contribution in [0.5, 0.6) is 0 Å². The highest BCUT2D eigenvalue weighted by molar-refractivity contribution is 7.16. The molecule has 33 heavy (non-hydrogen) atoms. The fraction of sp³-hybridized carbons (Fsp3) is 0.381. The van der Waals surface area contributed by atoms with Gasteiger partial charge < -0.3 is 10.6 Å². The van der Waals surface area contributed by atoms with Gasteiger partial charge in [-0.2, -0.15) is 23.5 Å². The van der Waals surface area contributed by atoms with Crippen LogP contribution in [0.25, 0.3) is 0 Å². The van der Waals surface area contributed by atoms with Crippen LogP contribution < -0.4 is 10.6 Å². The molecule has 0 radical (unpaired) electrons.